The molecule has 1 heterocycles. The summed E-state index contributed by atoms with van der Waals surface area (Å²) in [4.78, 5) is 0. The Morgan fingerprint density at radius 2 is 1.88 bits per heavy atom. The first kappa shape index (κ1) is 13.1. The van der Waals surface area contributed by atoms with Crippen LogP contribution in [0.1, 0.15) is 38.5 Å². The van der Waals surface area contributed by atoms with Gasteiger partial charge in [-0.25, -0.2) is 0 Å². The van der Waals surface area contributed by atoms with Crippen LogP contribution < -0.4 is 5.73 Å². The van der Waals surface area contributed by atoms with E-state index in [4.69, 9.17) is 10.5 Å². The Morgan fingerprint density at radius 3 is 2.38 bits per heavy atom. The zero-order chi connectivity index (χ0) is 12.1. The molecule has 92 valence electrons. The summed E-state index contributed by atoms with van der Waals surface area (Å²) in [5.41, 5.74) is 5.64. The highest BCUT2D eigenvalue weighted by atomic mass is 16.5. The van der Waals surface area contributed by atoms with Crippen molar-refractivity contribution in [1.29, 1.82) is 0 Å². The molecule has 1 aromatic heterocycles. The second-order valence-corrected chi connectivity index (χ2v) is 4.46. The van der Waals surface area contributed by atoms with E-state index in [1.807, 2.05) is 0 Å². The highest BCUT2D eigenvalue weighted by molar-refractivity contribution is 4.98. The lowest BCUT2D eigenvalue weighted by atomic mass is 10.1. The quantitative estimate of drug-likeness (QED) is 0.790. The minimum atomic E-state index is 0.346. The first-order chi connectivity index (χ1) is 7.60. The van der Waals surface area contributed by atoms with Gasteiger partial charge in [-0.05, 0) is 19.8 Å². The van der Waals surface area contributed by atoms with Crippen LogP contribution in [0.4, 0.5) is 0 Å². The van der Waals surface area contributed by atoms with Crippen LogP contribution in [0.2, 0.25) is 0 Å². The van der Waals surface area contributed by atoms with Gasteiger partial charge in [0.1, 0.15) is 11.6 Å². The summed E-state index contributed by atoms with van der Waals surface area (Å²) < 4.78 is 7.24. The molecule has 16 heavy (non-hydrogen) atoms. The van der Waals surface area contributed by atoms with E-state index >= 15 is 0 Å². The smallest absolute Gasteiger partial charge is 0.147 e. The zero-order valence-corrected chi connectivity index (χ0v) is 10.6. The van der Waals surface area contributed by atoms with Crippen molar-refractivity contribution in [3.05, 3.63) is 11.6 Å². The summed E-state index contributed by atoms with van der Waals surface area (Å²) in [6.07, 6.45) is 0.874. The van der Waals surface area contributed by atoms with Crippen molar-refractivity contribution in [3.8, 4) is 0 Å². The Bertz CT molecular complexity index is 322. The number of nitrogens with two attached hydrogens (primary N) is 1. The molecule has 0 aliphatic rings. The van der Waals surface area contributed by atoms with E-state index in [0.717, 1.165) is 24.7 Å². The number of aromatic nitrogens is 3. The van der Waals surface area contributed by atoms with Crippen molar-refractivity contribution in [1.82, 2.24) is 14.8 Å². The molecule has 1 rings (SSSR count). The average Bonchev–Trinajstić information content (AvgIpc) is 2.61. The SMILES string of the molecule is COCC(C)Cc1nnc(CN)n1C(C)C. The van der Waals surface area contributed by atoms with Crippen molar-refractivity contribution in [2.45, 2.75) is 39.8 Å². The topological polar surface area (TPSA) is 66.0 Å². The number of ether oxygens (including phenoxy) is 1. The highest BCUT2D eigenvalue weighted by Crippen LogP contribution is 2.14. The standard InChI is InChI=1S/C11H22N4O/c1-8(2)15-10(5-9(3)7-16-4)13-14-11(15)6-12/h8-9H,5-7,12H2,1-4H3. The van der Waals surface area contributed by atoms with Gasteiger partial charge in [0.2, 0.25) is 0 Å². The van der Waals surface area contributed by atoms with E-state index in [1.54, 1.807) is 7.11 Å². The van der Waals surface area contributed by atoms with Gasteiger partial charge in [0, 0.05) is 26.2 Å². The molecule has 0 aromatic carbocycles. The molecule has 0 saturated heterocycles. The largest absolute Gasteiger partial charge is 0.384 e. The first-order valence-corrected chi connectivity index (χ1v) is 5.71. The molecule has 0 bridgehead atoms. The monoisotopic (exact) mass is 226 g/mol. The number of methoxy groups -OCH3 is 1. The molecule has 1 atom stereocenters. The van der Waals surface area contributed by atoms with E-state index in [2.05, 4.69) is 35.5 Å². The molecule has 0 amide bonds. The maximum absolute atomic E-state index is 5.64. The molecule has 1 aromatic rings. The Morgan fingerprint density at radius 1 is 1.25 bits per heavy atom. The van der Waals surface area contributed by atoms with Crippen LogP contribution in [0.3, 0.4) is 0 Å². The van der Waals surface area contributed by atoms with E-state index < -0.39 is 0 Å². The van der Waals surface area contributed by atoms with Crippen LogP contribution >= 0.6 is 0 Å². The van der Waals surface area contributed by atoms with Gasteiger partial charge in [0.15, 0.2) is 0 Å². The molecule has 1 unspecified atom stereocenters. The maximum atomic E-state index is 5.64. The fraction of sp³-hybridized carbons (Fsp3) is 0.818. The second-order valence-electron chi connectivity index (χ2n) is 4.46. The second kappa shape index (κ2) is 5.96. The molecule has 5 heteroatoms. The van der Waals surface area contributed by atoms with Gasteiger partial charge < -0.3 is 15.0 Å². The molecular formula is C11H22N4O. The van der Waals surface area contributed by atoms with Crippen molar-refractivity contribution in [2.24, 2.45) is 11.7 Å². The normalized spacial score (nSPS) is 13.4. The molecule has 2 N–H and O–H groups in total. The number of nitrogens with zero attached hydrogens (tertiary/aromatic N) is 3. The summed E-state index contributed by atoms with van der Waals surface area (Å²) in [6.45, 7) is 7.55. The number of hydrogen-bond donors (Lipinski definition) is 1. The fourth-order valence-electron chi connectivity index (χ4n) is 1.89. The molecule has 5 nitrogen and oxygen atoms in total. The van der Waals surface area contributed by atoms with E-state index in [-0.39, 0.29) is 0 Å². The Kier molecular flexibility index (Phi) is 4.89. The van der Waals surface area contributed by atoms with Crippen LogP contribution in [-0.4, -0.2) is 28.5 Å². The molecule has 0 aliphatic heterocycles. The van der Waals surface area contributed by atoms with Gasteiger partial charge in [-0.3, -0.25) is 0 Å². The van der Waals surface area contributed by atoms with E-state index in [1.165, 1.54) is 0 Å². The van der Waals surface area contributed by atoms with Crippen molar-refractivity contribution >= 4 is 0 Å². The molecule has 0 fully saturated rings. The van der Waals surface area contributed by atoms with Crippen molar-refractivity contribution in [2.75, 3.05) is 13.7 Å². The Labute approximate surface area is 97.0 Å². The molecular weight excluding hydrogens is 204 g/mol. The van der Waals surface area contributed by atoms with E-state index in [0.29, 0.717) is 18.5 Å². The lowest BCUT2D eigenvalue weighted by Crippen LogP contribution is -2.16. The predicted molar refractivity (Wildman–Crippen MR) is 63.0 cm³/mol. The summed E-state index contributed by atoms with van der Waals surface area (Å²) in [7, 11) is 1.72. The fourth-order valence-corrected chi connectivity index (χ4v) is 1.89. The van der Waals surface area contributed by atoms with Crippen molar-refractivity contribution < 1.29 is 4.74 Å². The van der Waals surface area contributed by atoms with Crippen LogP contribution in [0.25, 0.3) is 0 Å². The maximum Gasteiger partial charge on any atom is 0.147 e. The zero-order valence-electron chi connectivity index (χ0n) is 10.6. The van der Waals surface area contributed by atoms with Crippen LogP contribution in [-0.2, 0) is 17.7 Å². The van der Waals surface area contributed by atoms with Gasteiger partial charge in [0.05, 0.1) is 6.54 Å². The van der Waals surface area contributed by atoms with Gasteiger partial charge >= 0.3 is 0 Å². The highest BCUT2D eigenvalue weighted by Gasteiger charge is 2.15. The summed E-state index contributed by atoms with van der Waals surface area (Å²) >= 11 is 0. The summed E-state index contributed by atoms with van der Waals surface area (Å²) in [5, 5.41) is 8.32. The number of hydrogen-bond acceptors (Lipinski definition) is 4. The Hall–Kier alpha value is -0.940. The lowest BCUT2D eigenvalue weighted by Gasteiger charge is -2.15. The lowest BCUT2D eigenvalue weighted by molar-refractivity contribution is 0.158. The minimum Gasteiger partial charge on any atom is -0.384 e. The molecule has 0 radical (unpaired) electrons. The van der Waals surface area contributed by atoms with Crippen LogP contribution in [0.5, 0.6) is 0 Å². The van der Waals surface area contributed by atoms with Gasteiger partial charge in [0.25, 0.3) is 0 Å². The van der Waals surface area contributed by atoms with Gasteiger partial charge in [-0.1, -0.05) is 6.92 Å². The van der Waals surface area contributed by atoms with Crippen LogP contribution in [0.15, 0.2) is 0 Å². The summed E-state index contributed by atoms with van der Waals surface area (Å²) in [6, 6.07) is 0.346. The third kappa shape index (κ3) is 3.02. The Balaban J connectivity index is 2.83. The van der Waals surface area contributed by atoms with Gasteiger partial charge in [-0.15, -0.1) is 10.2 Å². The minimum absolute atomic E-state index is 0.346. The summed E-state index contributed by atoms with van der Waals surface area (Å²) in [5.74, 6) is 2.30. The predicted octanol–water partition coefficient (Wildman–Crippen LogP) is 1.14. The average molecular weight is 226 g/mol. The molecule has 0 spiro atoms. The van der Waals surface area contributed by atoms with Crippen LogP contribution in [0, 0.1) is 5.92 Å². The number of rotatable bonds is 6. The molecule has 0 aliphatic carbocycles. The molecule has 0 saturated carbocycles. The van der Waals surface area contributed by atoms with Gasteiger partial charge in [-0.2, -0.15) is 0 Å². The third-order valence-corrected chi connectivity index (χ3v) is 2.52. The first-order valence-electron chi connectivity index (χ1n) is 5.71. The third-order valence-electron chi connectivity index (χ3n) is 2.52. The van der Waals surface area contributed by atoms with E-state index in [9.17, 15) is 0 Å². The van der Waals surface area contributed by atoms with Crippen molar-refractivity contribution in [3.63, 3.8) is 0 Å².